The maximum Gasteiger partial charge on any atom is 0.251 e. The van der Waals surface area contributed by atoms with Gasteiger partial charge in [0.15, 0.2) is 0 Å². The molecular weight excluding hydrogens is 498 g/mol. The predicted molar refractivity (Wildman–Crippen MR) is 149 cm³/mol. The van der Waals surface area contributed by atoms with Gasteiger partial charge in [-0.1, -0.05) is 76.6 Å². The highest BCUT2D eigenvalue weighted by molar-refractivity contribution is 5.99. The lowest BCUT2D eigenvalue weighted by atomic mass is 9.95. The quantitative estimate of drug-likeness (QED) is 0.247. The molecule has 2 aromatic rings. The van der Waals surface area contributed by atoms with Gasteiger partial charge in [0.05, 0.1) is 0 Å². The van der Waals surface area contributed by atoms with Crippen LogP contribution < -0.4 is 27.4 Å². The average molecular weight is 538 g/mol. The van der Waals surface area contributed by atoms with E-state index < -0.39 is 47.7 Å². The summed E-state index contributed by atoms with van der Waals surface area (Å²) in [4.78, 5) is 62.3. The van der Waals surface area contributed by atoms with Crippen molar-refractivity contribution in [3.8, 4) is 11.1 Å². The number of carbonyl (C=O) groups excluding carboxylic acids is 5. The van der Waals surface area contributed by atoms with Gasteiger partial charge in [-0.25, -0.2) is 0 Å². The first-order valence-corrected chi connectivity index (χ1v) is 13.1. The Morgan fingerprint density at radius 1 is 0.744 bits per heavy atom. The summed E-state index contributed by atoms with van der Waals surface area (Å²) in [7, 11) is 0. The Balaban J connectivity index is 2.15. The zero-order valence-corrected chi connectivity index (χ0v) is 22.9. The third-order valence-corrected chi connectivity index (χ3v) is 6.62. The highest BCUT2D eigenvalue weighted by atomic mass is 16.2. The number of amides is 5. The minimum absolute atomic E-state index is 0.0518. The van der Waals surface area contributed by atoms with E-state index in [4.69, 9.17) is 11.5 Å². The van der Waals surface area contributed by atoms with Gasteiger partial charge < -0.3 is 27.4 Å². The van der Waals surface area contributed by atoms with Crippen molar-refractivity contribution in [3.05, 3.63) is 60.2 Å². The van der Waals surface area contributed by atoms with E-state index in [0.717, 1.165) is 11.1 Å². The number of rotatable bonds is 14. The minimum Gasteiger partial charge on any atom is -0.370 e. The average Bonchev–Trinajstić information content (AvgIpc) is 2.91. The standard InChI is InChI=1S/C29H39N5O5/c1-5-18(4)25(34-27(37)21-13-11-20(12-14-21)19-9-7-6-8-10-19)29(39)33-24(17(2)3)28(38)32-22(26(31)36)15-16-23(30)35/h6-14,17-18,22,24-25H,5,15-16H2,1-4H3,(H2,30,35)(H2,31,36)(H,32,38)(H,33,39)(H,34,37)/t18-,22-,24+,25-/m0/s1. The lowest BCUT2D eigenvalue weighted by Crippen LogP contribution is -2.59. The van der Waals surface area contributed by atoms with Crippen molar-refractivity contribution in [2.45, 2.75) is 65.1 Å². The second kappa shape index (κ2) is 14.7. The molecule has 0 saturated heterocycles. The second-order valence-corrected chi connectivity index (χ2v) is 9.98. The molecule has 4 atom stereocenters. The number of nitrogens with two attached hydrogens (primary N) is 2. The zero-order valence-electron chi connectivity index (χ0n) is 22.9. The van der Waals surface area contributed by atoms with Crippen LogP contribution in [0.4, 0.5) is 0 Å². The topological polar surface area (TPSA) is 173 Å². The number of nitrogens with one attached hydrogen (secondary N) is 3. The van der Waals surface area contributed by atoms with Gasteiger partial charge in [-0.2, -0.15) is 0 Å². The summed E-state index contributed by atoms with van der Waals surface area (Å²) in [5.41, 5.74) is 12.9. The molecule has 0 unspecified atom stereocenters. The summed E-state index contributed by atoms with van der Waals surface area (Å²) < 4.78 is 0. The van der Waals surface area contributed by atoms with E-state index in [1.807, 2.05) is 56.3 Å². The van der Waals surface area contributed by atoms with E-state index >= 15 is 0 Å². The number of hydrogen-bond donors (Lipinski definition) is 5. The molecule has 0 aliphatic rings. The normalized spacial score (nSPS) is 14.0. The Labute approximate surface area is 229 Å². The van der Waals surface area contributed by atoms with Gasteiger partial charge in [0.2, 0.25) is 23.6 Å². The van der Waals surface area contributed by atoms with E-state index in [1.165, 1.54) is 0 Å². The van der Waals surface area contributed by atoms with E-state index in [9.17, 15) is 24.0 Å². The van der Waals surface area contributed by atoms with Crippen molar-refractivity contribution in [1.82, 2.24) is 16.0 Å². The fourth-order valence-corrected chi connectivity index (χ4v) is 3.98. The molecule has 0 aromatic heterocycles. The van der Waals surface area contributed by atoms with E-state index in [1.54, 1.807) is 26.0 Å². The van der Waals surface area contributed by atoms with Gasteiger partial charge in [-0.3, -0.25) is 24.0 Å². The summed E-state index contributed by atoms with van der Waals surface area (Å²) in [5, 5.41) is 8.03. The van der Waals surface area contributed by atoms with E-state index in [-0.39, 0.29) is 24.7 Å². The first kappa shape index (κ1) is 31.0. The molecule has 10 nitrogen and oxygen atoms in total. The van der Waals surface area contributed by atoms with Crippen molar-refractivity contribution in [1.29, 1.82) is 0 Å². The van der Waals surface area contributed by atoms with Crippen LogP contribution >= 0.6 is 0 Å². The first-order valence-electron chi connectivity index (χ1n) is 13.1. The summed E-state index contributed by atoms with van der Waals surface area (Å²) in [6.07, 6.45) is 0.408. The molecule has 2 rings (SSSR count). The summed E-state index contributed by atoms with van der Waals surface area (Å²) >= 11 is 0. The van der Waals surface area contributed by atoms with Gasteiger partial charge in [0.1, 0.15) is 18.1 Å². The van der Waals surface area contributed by atoms with Crippen LogP contribution in [0.5, 0.6) is 0 Å². The van der Waals surface area contributed by atoms with Crippen LogP contribution in [0.2, 0.25) is 0 Å². The van der Waals surface area contributed by atoms with Gasteiger partial charge >= 0.3 is 0 Å². The van der Waals surface area contributed by atoms with Crippen molar-refractivity contribution in [2.75, 3.05) is 0 Å². The van der Waals surface area contributed by atoms with Crippen molar-refractivity contribution in [2.24, 2.45) is 23.3 Å². The Bertz CT molecular complexity index is 1150. The molecule has 10 heteroatoms. The third-order valence-electron chi connectivity index (χ3n) is 6.62. The number of carbonyl (C=O) groups is 5. The lowest BCUT2D eigenvalue weighted by molar-refractivity contribution is -0.133. The summed E-state index contributed by atoms with van der Waals surface area (Å²) in [6.45, 7) is 7.20. The SMILES string of the molecule is CC[C@H](C)[C@H](NC(=O)c1ccc(-c2ccccc2)cc1)C(=O)N[C@@H](C(=O)N[C@@H](CCC(N)=O)C(N)=O)C(C)C. The lowest BCUT2D eigenvalue weighted by Gasteiger charge is -2.29. The predicted octanol–water partition coefficient (Wildman–Crippen LogP) is 1.87. The molecule has 0 spiro atoms. The molecule has 39 heavy (non-hydrogen) atoms. The molecule has 210 valence electrons. The third kappa shape index (κ3) is 9.24. The highest BCUT2D eigenvalue weighted by Gasteiger charge is 2.33. The van der Waals surface area contributed by atoms with E-state index in [2.05, 4.69) is 16.0 Å². The molecule has 0 bridgehead atoms. The van der Waals surface area contributed by atoms with Crippen LogP contribution in [-0.2, 0) is 19.2 Å². The van der Waals surface area contributed by atoms with Crippen LogP contribution in [0.3, 0.4) is 0 Å². The fraction of sp³-hybridized carbons (Fsp3) is 0.414. The minimum atomic E-state index is -1.12. The maximum absolute atomic E-state index is 13.3. The van der Waals surface area contributed by atoms with Gasteiger partial charge in [-0.05, 0) is 41.5 Å². The van der Waals surface area contributed by atoms with Crippen molar-refractivity contribution in [3.63, 3.8) is 0 Å². The van der Waals surface area contributed by atoms with Crippen LogP contribution in [0.1, 0.15) is 57.3 Å². The summed E-state index contributed by atoms with van der Waals surface area (Å²) in [6, 6.07) is 13.8. The maximum atomic E-state index is 13.3. The van der Waals surface area contributed by atoms with E-state index in [0.29, 0.717) is 12.0 Å². The van der Waals surface area contributed by atoms with Gasteiger partial charge in [-0.15, -0.1) is 0 Å². The number of hydrogen-bond acceptors (Lipinski definition) is 5. The Kier molecular flexibility index (Phi) is 11.7. The molecule has 0 aliphatic carbocycles. The van der Waals surface area contributed by atoms with Crippen LogP contribution in [0, 0.1) is 11.8 Å². The van der Waals surface area contributed by atoms with Crippen LogP contribution in [0.15, 0.2) is 54.6 Å². The highest BCUT2D eigenvalue weighted by Crippen LogP contribution is 2.19. The van der Waals surface area contributed by atoms with Crippen LogP contribution in [-0.4, -0.2) is 47.7 Å². The number of primary amides is 2. The Morgan fingerprint density at radius 3 is 1.82 bits per heavy atom. The Hall–Kier alpha value is -4.21. The molecule has 0 radical (unpaired) electrons. The second-order valence-electron chi connectivity index (χ2n) is 9.98. The smallest absolute Gasteiger partial charge is 0.251 e. The number of benzene rings is 2. The van der Waals surface area contributed by atoms with Crippen molar-refractivity contribution >= 4 is 29.5 Å². The van der Waals surface area contributed by atoms with Gasteiger partial charge in [0.25, 0.3) is 5.91 Å². The fourth-order valence-electron chi connectivity index (χ4n) is 3.98. The molecule has 0 heterocycles. The van der Waals surface area contributed by atoms with Crippen LogP contribution in [0.25, 0.3) is 11.1 Å². The molecule has 7 N–H and O–H groups in total. The zero-order chi connectivity index (χ0) is 29.1. The molecule has 0 saturated carbocycles. The Morgan fingerprint density at radius 2 is 1.31 bits per heavy atom. The first-order chi connectivity index (χ1) is 18.4. The summed E-state index contributed by atoms with van der Waals surface area (Å²) in [5.74, 6) is -3.61. The van der Waals surface area contributed by atoms with Crippen molar-refractivity contribution < 1.29 is 24.0 Å². The van der Waals surface area contributed by atoms with Gasteiger partial charge in [0, 0.05) is 12.0 Å². The molecular formula is C29H39N5O5. The molecule has 5 amide bonds. The molecule has 0 aliphatic heterocycles. The largest absolute Gasteiger partial charge is 0.370 e. The molecule has 2 aromatic carbocycles. The monoisotopic (exact) mass is 537 g/mol. The molecule has 0 fully saturated rings.